The Bertz CT molecular complexity index is 1440. The zero-order valence-electron chi connectivity index (χ0n) is 18.4. The van der Waals surface area contributed by atoms with E-state index >= 15 is 0 Å². The normalized spacial score (nSPS) is 11.1. The van der Waals surface area contributed by atoms with Gasteiger partial charge in [-0.2, -0.15) is 21.0 Å². The molecule has 0 N–H and O–H groups in total. The lowest BCUT2D eigenvalue weighted by molar-refractivity contribution is 0.554. The Morgan fingerprint density at radius 3 is 1.85 bits per heavy atom. The van der Waals surface area contributed by atoms with E-state index in [0.29, 0.717) is 41.6 Å². The number of furan rings is 2. The molecule has 0 aliphatic carbocycles. The van der Waals surface area contributed by atoms with Crippen LogP contribution in [0.2, 0.25) is 0 Å². The van der Waals surface area contributed by atoms with Crippen LogP contribution in [-0.4, -0.2) is 4.57 Å². The van der Waals surface area contributed by atoms with E-state index in [-0.39, 0.29) is 5.57 Å². The van der Waals surface area contributed by atoms with E-state index < -0.39 is 0 Å². The van der Waals surface area contributed by atoms with Gasteiger partial charge in [-0.15, -0.1) is 0 Å². The fourth-order valence-corrected chi connectivity index (χ4v) is 3.12. The van der Waals surface area contributed by atoms with Gasteiger partial charge in [0, 0.05) is 12.1 Å². The minimum Gasteiger partial charge on any atom is -0.455 e. The number of nitrogens with zero attached hydrogens (tertiary/aromatic N) is 5. The first-order valence-corrected chi connectivity index (χ1v) is 10.3. The SMILES string of the molecule is C/C(C#N)=C\C=C\c1ccc(-c2ccc(-c3ccc(/C=C/C=C(C#N)C#N)o3)n2CCC#N)o1. The van der Waals surface area contributed by atoms with Crippen molar-refractivity contribution in [3.63, 3.8) is 0 Å². The lowest BCUT2D eigenvalue weighted by atomic mass is 10.3. The molecule has 0 atom stereocenters. The van der Waals surface area contributed by atoms with Crippen molar-refractivity contribution in [2.24, 2.45) is 0 Å². The molecule has 0 aromatic carbocycles. The standard InChI is InChI=1S/C27H19N5O2/c1-20(17-29)5-2-7-22-9-13-26(33-22)24-11-12-25(32(24)16-4-15-28)27-14-10-23(34-27)8-3-6-21(18-30)19-31/h2-3,5-14H,4,16H2,1H3/b7-2+,8-3+,20-5+. The summed E-state index contributed by atoms with van der Waals surface area (Å²) in [6, 6.07) is 18.9. The number of hydrogen-bond donors (Lipinski definition) is 0. The van der Waals surface area contributed by atoms with Crippen molar-refractivity contribution in [2.45, 2.75) is 19.9 Å². The number of nitriles is 4. The van der Waals surface area contributed by atoms with Crippen LogP contribution in [0.1, 0.15) is 24.9 Å². The van der Waals surface area contributed by atoms with Crippen molar-refractivity contribution >= 4 is 12.2 Å². The second kappa shape index (κ2) is 11.4. The molecule has 34 heavy (non-hydrogen) atoms. The van der Waals surface area contributed by atoms with Crippen LogP contribution in [0.15, 0.2) is 80.7 Å². The van der Waals surface area contributed by atoms with Crippen molar-refractivity contribution in [1.82, 2.24) is 4.57 Å². The van der Waals surface area contributed by atoms with Gasteiger partial charge in [0.1, 0.15) is 29.2 Å². The highest BCUT2D eigenvalue weighted by Crippen LogP contribution is 2.32. The Labute approximate surface area is 197 Å². The van der Waals surface area contributed by atoms with Gasteiger partial charge in [-0.1, -0.05) is 12.2 Å². The number of rotatable bonds is 8. The van der Waals surface area contributed by atoms with Crippen LogP contribution in [0.3, 0.4) is 0 Å². The van der Waals surface area contributed by atoms with Gasteiger partial charge in [0.15, 0.2) is 11.5 Å². The van der Waals surface area contributed by atoms with Gasteiger partial charge in [0.05, 0.1) is 29.9 Å². The molecule has 0 bridgehead atoms. The van der Waals surface area contributed by atoms with Gasteiger partial charge < -0.3 is 13.4 Å². The molecule has 0 spiro atoms. The van der Waals surface area contributed by atoms with Crippen molar-refractivity contribution in [2.75, 3.05) is 0 Å². The average molecular weight is 445 g/mol. The summed E-state index contributed by atoms with van der Waals surface area (Å²) in [5.74, 6) is 2.45. The minimum atomic E-state index is 0.00179. The second-order valence-corrected chi connectivity index (χ2v) is 7.05. The fraction of sp³-hybridized carbons (Fsp3) is 0.111. The molecule has 3 aromatic heterocycles. The molecule has 164 valence electrons. The number of allylic oxidation sites excluding steroid dienone is 6. The van der Waals surface area contributed by atoms with E-state index in [1.807, 2.05) is 34.9 Å². The highest BCUT2D eigenvalue weighted by molar-refractivity contribution is 5.66. The molecule has 0 aliphatic heterocycles. The summed E-state index contributed by atoms with van der Waals surface area (Å²) < 4.78 is 13.8. The molecule has 3 aromatic rings. The number of hydrogen-bond acceptors (Lipinski definition) is 6. The zero-order valence-corrected chi connectivity index (χ0v) is 18.4. The summed E-state index contributed by atoms with van der Waals surface area (Å²) in [5.41, 5.74) is 2.19. The van der Waals surface area contributed by atoms with Crippen molar-refractivity contribution in [3.8, 4) is 47.2 Å². The highest BCUT2D eigenvalue weighted by atomic mass is 16.3. The first kappa shape index (κ1) is 23.4. The predicted octanol–water partition coefficient (Wildman–Crippen LogP) is 6.39. The highest BCUT2D eigenvalue weighted by Gasteiger charge is 2.16. The van der Waals surface area contributed by atoms with Crippen LogP contribution in [0.4, 0.5) is 0 Å². The van der Waals surface area contributed by atoms with Gasteiger partial charge in [-0.3, -0.25) is 0 Å². The molecule has 3 rings (SSSR count). The van der Waals surface area contributed by atoms with Crippen molar-refractivity contribution in [1.29, 1.82) is 21.0 Å². The van der Waals surface area contributed by atoms with Crippen LogP contribution in [0.25, 0.3) is 35.1 Å². The van der Waals surface area contributed by atoms with Crippen molar-refractivity contribution < 1.29 is 8.83 Å². The molecule has 0 amide bonds. The van der Waals surface area contributed by atoms with Crippen LogP contribution in [-0.2, 0) is 6.54 Å². The van der Waals surface area contributed by atoms with Crippen LogP contribution in [0.5, 0.6) is 0 Å². The quantitative estimate of drug-likeness (QED) is 0.292. The van der Waals surface area contributed by atoms with Crippen molar-refractivity contribution in [3.05, 3.63) is 83.4 Å². The molecule has 3 heterocycles. The van der Waals surface area contributed by atoms with Gasteiger partial charge in [0.2, 0.25) is 0 Å². The summed E-state index contributed by atoms with van der Waals surface area (Å²) in [5, 5.41) is 35.6. The van der Waals surface area contributed by atoms with E-state index in [2.05, 4.69) is 12.1 Å². The average Bonchev–Trinajstić information content (AvgIpc) is 3.59. The molecular formula is C27H19N5O2. The van der Waals surface area contributed by atoms with E-state index in [9.17, 15) is 0 Å². The Balaban J connectivity index is 1.90. The third-order valence-electron chi connectivity index (χ3n) is 4.73. The van der Waals surface area contributed by atoms with E-state index in [1.165, 1.54) is 6.08 Å². The van der Waals surface area contributed by atoms with Gasteiger partial charge in [-0.25, -0.2) is 0 Å². The maximum atomic E-state index is 9.13. The Hall–Kier alpha value is -5.24. The number of aromatic nitrogens is 1. The van der Waals surface area contributed by atoms with E-state index in [1.54, 1.807) is 55.5 Å². The monoisotopic (exact) mass is 445 g/mol. The smallest absolute Gasteiger partial charge is 0.151 e. The molecule has 0 unspecified atom stereocenters. The first-order valence-electron chi connectivity index (χ1n) is 10.3. The Morgan fingerprint density at radius 2 is 1.35 bits per heavy atom. The molecule has 0 aliphatic rings. The van der Waals surface area contributed by atoms with Crippen LogP contribution in [0, 0.1) is 45.3 Å². The third-order valence-corrected chi connectivity index (χ3v) is 4.73. The summed E-state index contributed by atoms with van der Waals surface area (Å²) in [7, 11) is 0. The van der Waals surface area contributed by atoms with Crippen LogP contribution < -0.4 is 0 Å². The molecule has 7 heteroatoms. The third kappa shape index (κ3) is 5.71. The van der Waals surface area contributed by atoms with E-state index in [0.717, 1.165) is 11.4 Å². The lowest BCUT2D eigenvalue weighted by Gasteiger charge is -2.09. The maximum Gasteiger partial charge on any atom is 0.151 e. The maximum absolute atomic E-state index is 9.13. The minimum absolute atomic E-state index is 0.00179. The summed E-state index contributed by atoms with van der Waals surface area (Å²) in [6.45, 7) is 2.18. The Morgan fingerprint density at radius 1 is 0.794 bits per heavy atom. The fourth-order valence-electron chi connectivity index (χ4n) is 3.12. The topological polar surface area (TPSA) is 126 Å². The second-order valence-electron chi connectivity index (χ2n) is 7.05. The molecule has 0 radical (unpaired) electrons. The molecular weight excluding hydrogens is 426 g/mol. The van der Waals surface area contributed by atoms with Crippen LogP contribution >= 0.6 is 0 Å². The summed E-state index contributed by atoms with van der Waals surface area (Å²) in [6.07, 6.45) is 10.2. The van der Waals surface area contributed by atoms with Gasteiger partial charge in [0.25, 0.3) is 0 Å². The van der Waals surface area contributed by atoms with E-state index in [4.69, 9.17) is 29.9 Å². The Kier molecular flexibility index (Phi) is 7.85. The van der Waals surface area contributed by atoms with Gasteiger partial charge in [-0.05, 0) is 67.6 Å². The summed E-state index contributed by atoms with van der Waals surface area (Å²) in [4.78, 5) is 0. The predicted molar refractivity (Wildman–Crippen MR) is 127 cm³/mol. The molecule has 0 saturated heterocycles. The largest absolute Gasteiger partial charge is 0.455 e. The first-order chi connectivity index (χ1) is 16.6. The lowest BCUT2D eigenvalue weighted by Crippen LogP contribution is -2.01. The molecule has 0 fully saturated rings. The zero-order chi connectivity index (χ0) is 24.3. The van der Waals surface area contributed by atoms with Gasteiger partial charge >= 0.3 is 0 Å². The molecule has 0 saturated carbocycles. The molecule has 7 nitrogen and oxygen atoms in total. The summed E-state index contributed by atoms with van der Waals surface area (Å²) >= 11 is 0.